The molecule has 76 valence electrons. The van der Waals surface area contributed by atoms with Gasteiger partial charge in [0.2, 0.25) is 0 Å². The molecule has 2 atom stereocenters. The van der Waals surface area contributed by atoms with Crippen LogP contribution >= 0.6 is 0 Å². The highest BCUT2D eigenvalue weighted by atomic mass is 16.6. The highest BCUT2D eigenvalue weighted by molar-refractivity contribution is 5.40. The molecule has 16 heavy (non-hydrogen) atoms. The lowest BCUT2D eigenvalue weighted by Gasteiger charge is -2.17. The van der Waals surface area contributed by atoms with E-state index in [2.05, 4.69) is 0 Å². The summed E-state index contributed by atoms with van der Waals surface area (Å²) in [7, 11) is 0. The first kappa shape index (κ1) is 9.99. The largest absolute Gasteiger partial charge is 0.492 e. The molecule has 1 saturated heterocycles. The molecule has 0 radical (unpaired) electrons. The lowest BCUT2D eigenvalue weighted by molar-refractivity contribution is -0.0164. The van der Waals surface area contributed by atoms with Gasteiger partial charge in [-0.25, -0.2) is 0 Å². The van der Waals surface area contributed by atoms with Gasteiger partial charge in [-0.15, -0.1) is 0 Å². The van der Waals surface area contributed by atoms with Crippen LogP contribution in [0.1, 0.15) is 0 Å². The van der Waals surface area contributed by atoms with Crippen LogP contribution in [0.3, 0.4) is 0 Å². The first-order chi connectivity index (χ1) is 7.68. The summed E-state index contributed by atoms with van der Waals surface area (Å²) >= 11 is 0. The van der Waals surface area contributed by atoms with Crippen LogP contribution < -0.4 is 0 Å². The zero-order valence-electron chi connectivity index (χ0n) is 7.91. The van der Waals surface area contributed by atoms with E-state index in [0.717, 1.165) is 0 Å². The Balaban J connectivity index is 2.57. The van der Waals surface area contributed by atoms with Crippen molar-refractivity contribution in [2.75, 3.05) is 0 Å². The van der Waals surface area contributed by atoms with E-state index in [4.69, 9.17) is 30.5 Å². The summed E-state index contributed by atoms with van der Waals surface area (Å²) in [4.78, 5) is 0. The molecule has 0 amide bonds. The maximum atomic E-state index is 8.98. The summed E-state index contributed by atoms with van der Waals surface area (Å²) in [6, 6.07) is 6.75. The van der Waals surface area contributed by atoms with Gasteiger partial charge in [0, 0.05) is 0 Å². The molecule has 2 heterocycles. The van der Waals surface area contributed by atoms with Crippen molar-refractivity contribution in [1.82, 2.24) is 0 Å². The van der Waals surface area contributed by atoms with Crippen molar-refractivity contribution in [1.29, 1.82) is 21.0 Å². The average Bonchev–Trinajstić information content (AvgIpc) is 2.90. The minimum absolute atomic E-state index is 0.721. The Kier molecular flexibility index (Phi) is 1.86. The summed E-state index contributed by atoms with van der Waals surface area (Å²) < 4.78 is 10.2. The Morgan fingerprint density at radius 3 is 2.00 bits per heavy atom. The number of nitriles is 4. The highest BCUT2D eigenvalue weighted by Gasteiger charge is 2.67. The van der Waals surface area contributed by atoms with Gasteiger partial charge in [-0.3, -0.25) is 0 Å². The van der Waals surface area contributed by atoms with Crippen molar-refractivity contribution in [2.45, 2.75) is 17.3 Å². The van der Waals surface area contributed by atoms with Crippen LogP contribution in [-0.2, 0) is 9.47 Å². The monoisotopic (exact) mass is 212 g/mol. The van der Waals surface area contributed by atoms with Crippen LogP contribution in [0.2, 0.25) is 0 Å². The molecule has 2 aliphatic rings. The zero-order valence-corrected chi connectivity index (χ0v) is 7.91. The van der Waals surface area contributed by atoms with Crippen LogP contribution in [0.25, 0.3) is 0 Å². The third-order valence-electron chi connectivity index (χ3n) is 2.69. The van der Waals surface area contributed by atoms with Gasteiger partial charge in [-0.2, -0.15) is 21.0 Å². The molecule has 0 N–H and O–H groups in total. The summed E-state index contributed by atoms with van der Waals surface area (Å²) in [6.07, 6.45) is 1.82. The Hall–Kier alpha value is -2.54. The minimum Gasteiger partial charge on any atom is -0.492 e. The van der Waals surface area contributed by atoms with Crippen LogP contribution in [-0.4, -0.2) is 17.3 Å². The van der Waals surface area contributed by atoms with E-state index >= 15 is 0 Å². The molecule has 0 aromatic carbocycles. The van der Waals surface area contributed by atoms with Crippen molar-refractivity contribution in [3.63, 3.8) is 0 Å². The molecule has 6 heteroatoms. The fourth-order valence-electron chi connectivity index (χ4n) is 1.90. The van der Waals surface area contributed by atoms with Gasteiger partial charge in [0.05, 0.1) is 12.2 Å². The van der Waals surface area contributed by atoms with Crippen LogP contribution in [0.4, 0.5) is 0 Å². The second kappa shape index (κ2) is 2.97. The van der Waals surface area contributed by atoms with Gasteiger partial charge in [-0.05, 0) is 6.08 Å². The molecule has 2 aliphatic heterocycles. The maximum absolute atomic E-state index is 8.98. The van der Waals surface area contributed by atoms with Crippen molar-refractivity contribution in [2.24, 2.45) is 5.92 Å². The van der Waals surface area contributed by atoms with Gasteiger partial charge >= 0.3 is 0 Å². The van der Waals surface area contributed by atoms with E-state index < -0.39 is 23.2 Å². The molecule has 0 aromatic rings. The quantitative estimate of drug-likeness (QED) is 0.563. The molecule has 0 saturated carbocycles. The fourth-order valence-corrected chi connectivity index (χ4v) is 1.90. The van der Waals surface area contributed by atoms with E-state index in [1.807, 2.05) is 0 Å². The Labute approximate surface area is 91.1 Å². The molecule has 2 rings (SSSR count). The molecule has 0 spiro atoms. The number of hydrogen-bond acceptors (Lipinski definition) is 6. The van der Waals surface area contributed by atoms with Crippen molar-refractivity contribution in [3.05, 3.63) is 12.3 Å². The molecule has 0 aliphatic carbocycles. The lowest BCUT2D eigenvalue weighted by Crippen LogP contribution is -2.38. The van der Waals surface area contributed by atoms with Gasteiger partial charge in [-0.1, -0.05) is 0 Å². The lowest BCUT2D eigenvalue weighted by atomic mass is 9.85. The first-order valence-electron chi connectivity index (χ1n) is 4.35. The first-order valence-corrected chi connectivity index (χ1v) is 4.35. The highest BCUT2D eigenvalue weighted by Crippen LogP contribution is 2.46. The summed E-state index contributed by atoms with van der Waals surface area (Å²) in [5.74, 6) is -0.721. The molecular formula is C10H4N4O2. The summed E-state index contributed by atoms with van der Waals surface area (Å²) in [6.45, 7) is 0. The van der Waals surface area contributed by atoms with E-state index in [1.54, 1.807) is 24.3 Å². The Bertz CT molecular complexity index is 497. The maximum Gasteiger partial charge on any atom is 0.281 e. The van der Waals surface area contributed by atoms with Gasteiger partial charge < -0.3 is 9.47 Å². The standard InChI is InChI=1S/C10H4N4O2/c11-3-9(4-12)7-1-2-15-8(7)10(5-13,6-14)16-9/h1-2,7-8H. The molecular weight excluding hydrogens is 208 g/mol. The number of fused-ring (bicyclic) bond motifs is 1. The van der Waals surface area contributed by atoms with Gasteiger partial charge in [0.1, 0.15) is 24.3 Å². The molecule has 0 bridgehead atoms. The van der Waals surface area contributed by atoms with Gasteiger partial charge in [0.15, 0.2) is 6.10 Å². The number of ether oxygens (including phenoxy) is 2. The topological polar surface area (TPSA) is 114 Å². The van der Waals surface area contributed by atoms with Crippen molar-refractivity contribution < 1.29 is 9.47 Å². The smallest absolute Gasteiger partial charge is 0.281 e. The van der Waals surface area contributed by atoms with Crippen LogP contribution in [0.15, 0.2) is 12.3 Å². The van der Waals surface area contributed by atoms with E-state index in [0.29, 0.717) is 0 Å². The molecule has 6 nitrogen and oxygen atoms in total. The second-order valence-corrected chi connectivity index (χ2v) is 3.43. The van der Waals surface area contributed by atoms with E-state index in [1.165, 1.54) is 12.3 Å². The number of rotatable bonds is 0. The SMILES string of the molecule is N#CC1(C#N)OC(C#N)(C#N)C2OC=CC21. The predicted molar refractivity (Wildman–Crippen MR) is 46.5 cm³/mol. The summed E-state index contributed by atoms with van der Waals surface area (Å²) in [5.41, 5.74) is -3.73. The fraction of sp³-hybridized carbons (Fsp3) is 0.400. The van der Waals surface area contributed by atoms with Crippen LogP contribution in [0.5, 0.6) is 0 Å². The van der Waals surface area contributed by atoms with Crippen LogP contribution in [0, 0.1) is 51.2 Å². The zero-order chi connectivity index (χ0) is 11.8. The van der Waals surface area contributed by atoms with E-state index in [9.17, 15) is 0 Å². The van der Waals surface area contributed by atoms with Crippen molar-refractivity contribution >= 4 is 0 Å². The Morgan fingerprint density at radius 1 is 0.938 bits per heavy atom. The van der Waals surface area contributed by atoms with Gasteiger partial charge in [0.25, 0.3) is 11.2 Å². The molecule has 0 aromatic heterocycles. The predicted octanol–water partition coefficient (Wildman–Crippen LogP) is 0.117. The number of hydrogen-bond donors (Lipinski definition) is 0. The molecule has 2 unspecified atom stereocenters. The average molecular weight is 212 g/mol. The summed E-state index contributed by atoms with van der Waals surface area (Å²) in [5, 5.41) is 35.9. The second-order valence-electron chi connectivity index (χ2n) is 3.43. The third kappa shape index (κ3) is 0.894. The van der Waals surface area contributed by atoms with E-state index in [-0.39, 0.29) is 0 Å². The third-order valence-corrected chi connectivity index (χ3v) is 2.69. The Morgan fingerprint density at radius 2 is 1.50 bits per heavy atom. The minimum atomic E-state index is -1.90. The molecule has 1 fully saturated rings. The number of nitrogens with zero attached hydrogens (tertiary/aromatic N) is 4. The normalized spacial score (nSPS) is 31.2. The van der Waals surface area contributed by atoms with Crippen molar-refractivity contribution in [3.8, 4) is 24.3 Å².